The zero-order valence-electron chi connectivity index (χ0n) is 14.2. The number of aromatic hydroxyl groups is 3. The smallest absolute Gasteiger partial charge is 0.128 e. The molecular formula is C20H22O5. The molecule has 3 rings (SSSR count). The molecule has 0 aromatic heterocycles. The van der Waals surface area contributed by atoms with Crippen LogP contribution < -0.4 is 4.74 Å². The summed E-state index contributed by atoms with van der Waals surface area (Å²) in [6, 6.07) is 7.71. The zero-order chi connectivity index (χ0) is 18.1. The average Bonchev–Trinajstić information content (AvgIpc) is 2.55. The van der Waals surface area contributed by atoms with Crippen molar-refractivity contribution in [1.82, 2.24) is 0 Å². The number of aliphatic hydroxyl groups is 1. The van der Waals surface area contributed by atoms with Crippen LogP contribution in [-0.2, 0) is 6.42 Å². The molecule has 1 heterocycles. The summed E-state index contributed by atoms with van der Waals surface area (Å²) in [4.78, 5) is 0. The highest BCUT2D eigenvalue weighted by atomic mass is 16.5. The molecule has 0 spiro atoms. The maximum absolute atomic E-state index is 10.7. The van der Waals surface area contributed by atoms with Crippen molar-refractivity contribution in [3.63, 3.8) is 0 Å². The van der Waals surface area contributed by atoms with Gasteiger partial charge in [0.05, 0.1) is 18.6 Å². The fourth-order valence-electron chi connectivity index (χ4n) is 3.09. The van der Waals surface area contributed by atoms with Crippen LogP contribution in [0.15, 0.2) is 42.0 Å². The third-order valence-electron chi connectivity index (χ3n) is 4.52. The van der Waals surface area contributed by atoms with Crippen molar-refractivity contribution in [2.24, 2.45) is 0 Å². The number of hydrogen-bond acceptors (Lipinski definition) is 5. The molecular weight excluding hydrogens is 320 g/mol. The minimum atomic E-state index is -0.879. The Morgan fingerprint density at radius 1 is 1.12 bits per heavy atom. The van der Waals surface area contributed by atoms with E-state index in [-0.39, 0.29) is 23.9 Å². The van der Waals surface area contributed by atoms with Crippen molar-refractivity contribution in [2.75, 3.05) is 6.61 Å². The Labute approximate surface area is 146 Å². The lowest BCUT2D eigenvalue weighted by atomic mass is 9.85. The number of rotatable bonds is 3. The van der Waals surface area contributed by atoms with Gasteiger partial charge in [-0.3, -0.25) is 0 Å². The number of allylic oxidation sites excluding steroid dienone is 2. The molecule has 5 heteroatoms. The molecule has 25 heavy (non-hydrogen) atoms. The number of aliphatic hydroxyl groups excluding tert-OH is 1. The maximum atomic E-state index is 10.7. The normalized spacial score (nSPS) is 19.0. The predicted molar refractivity (Wildman–Crippen MR) is 94.2 cm³/mol. The van der Waals surface area contributed by atoms with E-state index in [1.165, 1.54) is 18.2 Å². The second-order valence-corrected chi connectivity index (χ2v) is 6.57. The molecule has 0 fully saturated rings. The Kier molecular flexibility index (Phi) is 4.59. The summed E-state index contributed by atoms with van der Waals surface area (Å²) in [6.45, 7) is 4.06. The molecule has 0 saturated carbocycles. The molecule has 0 saturated heterocycles. The molecule has 2 atom stereocenters. The van der Waals surface area contributed by atoms with Gasteiger partial charge in [0.25, 0.3) is 0 Å². The Morgan fingerprint density at radius 2 is 1.84 bits per heavy atom. The van der Waals surface area contributed by atoms with Crippen LogP contribution in [0.25, 0.3) is 0 Å². The number of benzene rings is 2. The Morgan fingerprint density at radius 3 is 2.56 bits per heavy atom. The van der Waals surface area contributed by atoms with Crippen molar-refractivity contribution < 1.29 is 25.2 Å². The fraction of sp³-hybridized carbons (Fsp3) is 0.300. The topological polar surface area (TPSA) is 90.2 Å². The van der Waals surface area contributed by atoms with Gasteiger partial charge in [-0.15, -0.1) is 0 Å². The summed E-state index contributed by atoms with van der Waals surface area (Å²) >= 11 is 0. The van der Waals surface area contributed by atoms with Gasteiger partial charge in [0.15, 0.2) is 0 Å². The van der Waals surface area contributed by atoms with Crippen molar-refractivity contribution in [3.05, 3.63) is 58.7 Å². The van der Waals surface area contributed by atoms with Crippen LogP contribution in [0.5, 0.6) is 23.0 Å². The van der Waals surface area contributed by atoms with Crippen LogP contribution in [0.1, 0.15) is 42.6 Å². The van der Waals surface area contributed by atoms with Gasteiger partial charge >= 0.3 is 0 Å². The van der Waals surface area contributed by atoms with Gasteiger partial charge in [0.1, 0.15) is 23.0 Å². The van der Waals surface area contributed by atoms with E-state index in [9.17, 15) is 20.4 Å². The zero-order valence-corrected chi connectivity index (χ0v) is 14.2. The number of phenolic OH excluding ortho intramolecular Hbond substituents is 3. The molecule has 2 aromatic carbocycles. The van der Waals surface area contributed by atoms with Gasteiger partial charge in [-0.2, -0.15) is 0 Å². The highest BCUT2D eigenvalue weighted by molar-refractivity contribution is 5.53. The van der Waals surface area contributed by atoms with E-state index in [4.69, 9.17) is 4.74 Å². The van der Waals surface area contributed by atoms with Gasteiger partial charge in [-0.05, 0) is 38.5 Å². The lowest BCUT2D eigenvalue weighted by Gasteiger charge is -2.31. The predicted octanol–water partition coefficient (Wildman–Crippen LogP) is 3.52. The molecule has 0 amide bonds. The van der Waals surface area contributed by atoms with E-state index >= 15 is 0 Å². The van der Waals surface area contributed by atoms with Crippen LogP contribution in [0.2, 0.25) is 0 Å². The summed E-state index contributed by atoms with van der Waals surface area (Å²) < 4.78 is 5.66. The minimum Gasteiger partial charge on any atom is -0.508 e. The van der Waals surface area contributed by atoms with Crippen LogP contribution in [0.4, 0.5) is 0 Å². The van der Waals surface area contributed by atoms with Crippen molar-refractivity contribution in [3.8, 4) is 23.0 Å². The van der Waals surface area contributed by atoms with E-state index in [0.29, 0.717) is 28.9 Å². The molecule has 5 nitrogen and oxygen atoms in total. The first kappa shape index (κ1) is 17.2. The summed E-state index contributed by atoms with van der Waals surface area (Å²) in [5.41, 5.74) is 2.61. The lowest BCUT2D eigenvalue weighted by molar-refractivity contribution is 0.0874. The van der Waals surface area contributed by atoms with E-state index < -0.39 is 12.0 Å². The molecule has 4 N–H and O–H groups in total. The van der Waals surface area contributed by atoms with Crippen molar-refractivity contribution in [1.29, 1.82) is 0 Å². The van der Waals surface area contributed by atoms with Gasteiger partial charge < -0.3 is 25.2 Å². The lowest BCUT2D eigenvalue weighted by Crippen LogP contribution is -2.24. The molecule has 0 radical (unpaired) electrons. The summed E-state index contributed by atoms with van der Waals surface area (Å²) in [7, 11) is 0. The Balaban J connectivity index is 1.98. The Hall–Kier alpha value is -2.66. The van der Waals surface area contributed by atoms with Gasteiger partial charge in [0, 0.05) is 22.8 Å². The summed E-state index contributed by atoms with van der Waals surface area (Å²) in [6.07, 6.45) is 1.45. The number of fused-ring (bicyclic) bond motifs is 1. The first-order valence-electron chi connectivity index (χ1n) is 8.19. The first-order valence-corrected chi connectivity index (χ1v) is 8.19. The quantitative estimate of drug-likeness (QED) is 0.641. The molecule has 2 unspecified atom stereocenters. The van der Waals surface area contributed by atoms with Crippen molar-refractivity contribution >= 4 is 0 Å². The van der Waals surface area contributed by atoms with E-state index in [1.54, 1.807) is 12.1 Å². The van der Waals surface area contributed by atoms with Crippen LogP contribution >= 0.6 is 0 Å². The molecule has 132 valence electrons. The number of phenols is 3. The van der Waals surface area contributed by atoms with Crippen LogP contribution in [0, 0.1) is 0 Å². The second kappa shape index (κ2) is 6.69. The first-order chi connectivity index (χ1) is 11.9. The van der Waals surface area contributed by atoms with Crippen LogP contribution in [-0.4, -0.2) is 27.0 Å². The third-order valence-corrected chi connectivity index (χ3v) is 4.52. The summed E-state index contributed by atoms with van der Waals surface area (Å²) in [5, 5.41) is 41.0. The van der Waals surface area contributed by atoms with Gasteiger partial charge in [0.2, 0.25) is 0 Å². The van der Waals surface area contributed by atoms with E-state index in [2.05, 4.69) is 0 Å². The van der Waals surface area contributed by atoms with E-state index in [1.807, 2.05) is 19.9 Å². The monoisotopic (exact) mass is 342 g/mol. The number of hydrogen-bond donors (Lipinski definition) is 4. The maximum Gasteiger partial charge on any atom is 0.128 e. The third kappa shape index (κ3) is 3.28. The average molecular weight is 342 g/mol. The molecule has 1 aliphatic heterocycles. The number of ether oxygens (including phenoxy) is 1. The molecule has 0 aliphatic carbocycles. The minimum absolute atomic E-state index is 0.0209. The molecule has 0 bridgehead atoms. The fourth-order valence-corrected chi connectivity index (χ4v) is 3.09. The van der Waals surface area contributed by atoms with Crippen LogP contribution in [0.3, 0.4) is 0 Å². The largest absolute Gasteiger partial charge is 0.508 e. The molecule has 2 aromatic rings. The molecule has 1 aliphatic rings. The highest BCUT2D eigenvalue weighted by Crippen LogP contribution is 2.45. The van der Waals surface area contributed by atoms with Gasteiger partial charge in [-0.25, -0.2) is 0 Å². The summed E-state index contributed by atoms with van der Waals surface area (Å²) in [5.74, 6) is 0.0402. The SMILES string of the molecule is CC(C)=CCc1c(O)ccc(C2COc3cc(O)ccc3C2O)c1O. The highest BCUT2D eigenvalue weighted by Gasteiger charge is 2.33. The van der Waals surface area contributed by atoms with Crippen molar-refractivity contribution in [2.45, 2.75) is 32.3 Å². The standard InChI is InChI=1S/C20H22O5/c1-11(2)3-5-14-17(22)8-7-13(19(14)23)16-10-25-18-9-12(21)4-6-15(18)20(16)24/h3-4,6-9,16,20-24H,5,10H2,1-2H3. The van der Waals surface area contributed by atoms with Gasteiger partial charge in [-0.1, -0.05) is 17.7 Å². The second-order valence-electron chi connectivity index (χ2n) is 6.57. The van der Waals surface area contributed by atoms with E-state index in [0.717, 1.165) is 5.57 Å². The Bertz CT molecular complexity index is 821.